The Bertz CT molecular complexity index is 1080. The first-order valence-electron chi connectivity index (χ1n) is 12.7. The number of carbonyl (C=O) groups excluding carboxylic acids is 1. The van der Waals surface area contributed by atoms with Crippen molar-refractivity contribution in [3.05, 3.63) is 42.1 Å². The molecule has 2 aromatic rings. The van der Waals surface area contributed by atoms with Gasteiger partial charge in [-0.15, -0.1) is 0 Å². The fourth-order valence-electron chi connectivity index (χ4n) is 6.23. The van der Waals surface area contributed by atoms with Crippen LogP contribution in [0.15, 0.2) is 36.5 Å². The molecule has 1 aromatic heterocycles. The molecule has 34 heavy (non-hydrogen) atoms. The van der Waals surface area contributed by atoms with Gasteiger partial charge in [0.15, 0.2) is 0 Å². The zero-order valence-electron chi connectivity index (χ0n) is 20.1. The summed E-state index contributed by atoms with van der Waals surface area (Å²) in [6.07, 6.45) is 6.82. The summed E-state index contributed by atoms with van der Waals surface area (Å²) in [5.41, 5.74) is 4.02. The molecule has 4 aliphatic rings. The van der Waals surface area contributed by atoms with E-state index in [1.54, 1.807) is 6.20 Å². The van der Waals surface area contributed by atoms with Crippen LogP contribution in [0.4, 0.5) is 22.9 Å². The van der Waals surface area contributed by atoms with Crippen LogP contribution in [-0.2, 0) is 20.8 Å². The molecule has 0 unspecified atom stereocenters. The molecule has 7 nitrogen and oxygen atoms in total. The average molecular weight is 463 g/mol. The number of anilines is 4. The molecule has 4 heterocycles. The van der Waals surface area contributed by atoms with Crippen molar-refractivity contribution in [2.24, 2.45) is 5.92 Å². The van der Waals surface area contributed by atoms with Crippen LogP contribution in [0.1, 0.15) is 51.5 Å². The van der Waals surface area contributed by atoms with Crippen LogP contribution in [0, 0.1) is 5.92 Å². The van der Waals surface area contributed by atoms with Crippen LogP contribution >= 0.6 is 0 Å². The van der Waals surface area contributed by atoms with E-state index in [-0.39, 0.29) is 23.5 Å². The van der Waals surface area contributed by atoms with Gasteiger partial charge in [0, 0.05) is 42.9 Å². The molecule has 2 bridgehead atoms. The molecule has 1 N–H and O–H groups in total. The largest absolute Gasteiger partial charge is 0.379 e. The van der Waals surface area contributed by atoms with Crippen LogP contribution in [0.25, 0.3) is 0 Å². The SMILES string of the molecule is CCO[C@H]1CC[C@H](C(=O)N2Cc3cccnc3Nc3ccc(N4C[C@]5(C)C[C@H]4CO5)cc32)CC1. The van der Waals surface area contributed by atoms with Crippen LogP contribution in [0.3, 0.4) is 0 Å². The van der Waals surface area contributed by atoms with Gasteiger partial charge in [-0.1, -0.05) is 6.07 Å². The minimum Gasteiger partial charge on any atom is -0.379 e. The van der Waals surface area contributed by atoms with Crippen LogP contribution in [0.2, 0.25) is 0 Å². The van der Waals surface area contributed by atoms with Gasteiger partial charge < -0.3 is 24.6 Å². The van der Waals surface area contributed by atoms with Gasteiger partial charge in [-0.25, -0.2) is 4.98 Å². The maximum absolute atomic E-state index is 14.0. The number of hydrogen-bond donors (Lipinski definition) is 1. The second-order valence-corrected chi connectivity index (χ2v) is 10.4. The highest BCUT2D eigenvalue weighted by Gasteiger charge is 2.48. The zero-order valence-corrected chi connectivity index (χ0v) is 20.1. The summed E-state index contributed by atoms with van der Waals surface area (Å²) in [5, 5.41) is 3.51. The van der Waals surface area contributed by atoms with E-state index in [0.29, 0.717) is 12.6 Å². The third kappa shape index (κ3) is 3.85. The fraction of sp³-hybridized carbons (Fsp3) is 0.556. The zero-order chi connectivity index (χ0) is 23.3. The average Bonchev–Trinajstić information content (AvgIpc) is 3.34. The van der Waals surface area contributed by atoms with Crippen molar-refractivity contribution in [1.29, 1.82) is 0 Å². The number of nitrogens with one attached hydrogen (secondary N) is 1. The summed E-state index contributed by atoms with van der Waals surface area (Å²) >= 11 is 0. The predicted molar refractivity (Wildman–Crippen MR) is 133 cm³/mol. The Labute approximate surface area is 201 Å². The molecule has 6 rings (SSSR count). The number of morpholine rings is 1. The maximum Gasteiger partial charge on any atom is 0.230 e. The molecular formula is C27H34N4O3. The highest BCUT2D eigenvalue weighted by Crippen LogP contribution is 2.44. The van der Waals surface area contributed by atoms with Crippen LogP contribution in [-0.4, -0.2) is 48.4 Å². The second-order valence-electron chi connectivity index (χ2n) is 10.4. The Morgan fingerprint density at radius 3 is 2.85 bits per heavy atom. The molecule has 2 saturated heterocycles. The smallest absolute Gasteiger partial charge is 0.230 e. The number of benzene rings is 1. The lowest BCUT2D eigenvalue weighted by Gasteiger charge is -2.34. The number of pyridine rings is 1. The maximum atomic E-state index is 14.0. The van der Waals surface area contributed by atoms with Gasteiger partial charge in [0.25, 0.3) is 0 Å². The molecule has 0 spiro atoms. The molecule has 180 valence electrons. The third-order valence-electron chi connectivity index (χ3n) is 8.01. The molecule has 1 saturated carbocycles. The van der Waals surface area contributed by atoms with E-state index in [2.05, 4.69) is 46.4 Å². The Balaban J connectivity index is 1.33. The molecule has 1 aliphatic carbocycles. The van der Waals surface area contributed by atoms with Crippen LogP contribution in [0.5, 0.6) is 0 Å². The normalized spacial score (nSPS) is 29.9. The molecular weight excluding hydrogens is 428 g/mol. The Hall–Kier alpha value is -2.64. The summed E-state index contributed by atoms with van der Waals surface area (Å²) in [5.74, 6) is 1.07. The van der Waals surface area contributed by atoms with Gasteiger partial charge in [-0.3, -0.25) is 4.79 Å². The van der Waals surface area contributed by atoms with Gasteiger partial charge in [0.1, 0.15) is 5.82 Å². The van der Waals surface area contributed by atoms with E-state index < -0.39 is 0 Å². The number of amides is 1. The lowest BCUT2D eigenvalue weighted by Crippen LogP contribution is -2.41. The molecule has 7 heteroatoms. The predicted octanol–water partition coefficient (Wildman–Crippen LogP) is 4.63. The summed E-state index contributed by atoms with van der Waals surface area (Å²) in [6.45, 7) is 7.17. The van der Waals surface area contributed by atoms with Crippen molar-refractivity contribution in [3.8, 4) is 0 Å². The molecule has 3 aliphatic heterocycles. The Morgan fingerprint density at radius 1 is 1.26 bits per heavy atom. The highest BCUT2D eigenvalue weighted by molar-refractivity contribution is 6.00. The minimum atomic E-state index is -0.0649. The van der Waals surface area contributed by atoms with Gasteiger partial charge >= 0.3 is 0 Å². The second kappa shape index (κ2) is 8.54. The van der Waals surface area contributed by atoms with Crippen molar-refractivity contribution in [3.63, 3.8) is 0 Å². The van der Waals surface area contributed by atoms with E-state index in [4.69, 9.17) is 9.47 Å². The highest BCUT2D eigenvalue weighted by atomic mass is 16.5. The molecule has 1 amide bonds. The van der Waals surface area contributed by atoms with E-state index >= 15 is 0 Å². The summed E-state index contributed by atoms with van der Waals surface area (Å²) in [4.78, 5) is 23.0. The number of aromatic nitrogens is 1. The lowest BCUT2D eigenvalue weighted by atomic mass is 9.86. The Morgan fingerprint density at radius 2 is 2.12 bits per heavy atom. The number of carbonyl (C=O) groups is 1. The monoisotopic (exact) mass is 462 g/mol. The van der Waals surface area contributed by atoms with Crippen molar-refractivity contribution < 1.29 is 14.3 Å². The first kappa shape index (κ1) is 21.9. The van der Waals surface area contributed by atoms with Crippen LogP contribution < -0.4 is 15.1 Å². The fourth-order valence-corrected chi connectivity index (χ4v) is 6.23. The quantitative estimate of drug-likeness (QED) is 0.714. The van der Waals surface area contributed by atoms with Crippen molar-refractivity contribution in [1.82, 2.24) is 4.98 Å². The lowest BCUT2D eigenvalue weighted by molar-refractivity contribution is -0.124. The number of rotatable bonds is 4. The summed E-state index contributed by atoms with van der Waals surface area (Å²) < 4.78 is 11.8. The van der Waals surface area contributed by atoms with Gasteiger partial charge in [0.05, 0.1) is 42.3 Å². The van der Waals surface area contributed by atoms with Gasteiger partial charge in [-0.2, -0.15) is 0 Å². The first-order valence-corrected chi connectivity index (χ1v) is 12.7. The topological polar surface area (TPSA) is 66.9 Å². The summed E-state index contributed by atoms with van der Waals surface area (Å²) in [7, 11) is 0. The number of ether oxygens (including phenoxy) is 2. The van der Waals surface area contributed by atoms with Gasteiger partial charge in [-0.05, 0) is 63.8 Å². The standard InChI is InChI=1S/C27H34N4O3/c1-3-33-22-9-6-18(7-10-22)26(32)30-15-19-5-4-12-28-25(19)29-23-11-8-20(13-24(23)30)31-17-27(2)14-21(31)16-34-27/h4-5,8,11-13,18,21-22H,3,6-7,9-10,14-17H2,1-2H3,(H,28,29)/t18-,21-,22-,27-/m0/s1. The van der Waals surface area contributed by atoms with E-state index in [1.807, 2.05) is 17.9 Å². The van der Waals surface area contributed by atoms with E-state index in [0.717, 1.165) is 80.3 Å². The Kier molecular flexibility index (Phi) is 5.49. The number of fused-ring (bicyclic) bond motifs is 4. The van der Waals surface area contributed by atoms with Crippen molar-refractivity contribution >= 4 is 28.8 Å². The molecule has 0 radical (unpaired) electrons. The number of nitrogens with zero attached hydrogens (tertiary/aromatic N) is 3. The van der Waals surface area contributed by atoms with Crippen molar-refractivity contribution in [2.75, 3.05) is 34.9 Å². The first-order chi connectivity index (χ1) is 16.5. The third-order valence-corrected chi connectivity index (χ3v) is 8.01. The van der Waals surface area contributed by atoms with E-state index in [1.165, 1.54) is 0 Å². The van der Waals surface area contributed by atoms with Crippen molar-refractivity contribution in [2.45, 2.75) is 70.2 Å². The molecule has 3 fully saturated rings. The molecule has 1 aromatic carbocycles. The van der Waals surface area contributed by atoms with E-state index in [9.17, 15) is 4.79 Å². The minimum absolute atomic E-state index is 0.0292. The summed E-state index contributed by atoms with van der Waals surface area (Å²) in [6, 6.07) is 10.9. The van der Waals surface area contributed by atoms with Gasteiger partial charge in [0.2, 0.25) is 5.91 Å². The molecule has 2 atom stereocenters. The number of hydrogen-bond acceptors (Lipinski definition) is 6.